The van der Waals surface area contributed by atoms with E-state index >= 15 is 0 Å². The minimum Gasteiger partial charge on any atom is -0.699 e. The second-order valence-electron chi connectivity index (χ2n) is 7.55. The Bertz CT molecular complexity index is 935. The van der Waals surface area contributed by atoms with E-state index in [-0.39, 0.29) is 56.5 Å². The van der Waals surface area contributed by atoms with E-state index in [1.165, 1.54) is 0 Å². The van der Waals surface area contributed by atoms with Crippen LogP contribution in [-0.4, -0.2) is 60.2 Å². The van der Waals surface area contributed by atoms with E-state index in [4.69, 9.17) is 10.5 Å². The summed E-state index contributed by atoms with van der Waals surface area (Å²) in [6.07, 6.45) is -0.840. The van der Waals surface area contributed by atoms with Crippen LogP contribution >= 0.6 is 0 Å². The summed E-state index contributed by atoms with van der Waals surface area (Å²) < 4.78 is 5.07. The monoisotopic (exact) mass is 677 g/mol. The molecular weight excluding hydrogens is 650 g/mol. The number of carboxylic acids is 1. The zero-order valence-corrected chi connectivity index (χ0v) is 22.4. The van der Waals surface area contributed by atoms with Crippen molar-refractivity contribution >= 4 is 29.3 Å². The van der Waals surface area contributed by atoms with Crippen LogP contribution in [0, 0.1) is 31.1 Å². The van der Waals surface area contributed by atoms with Crippen LogP contribution in [0.5, 0.6) is 0 Å². The van der Waals surface area contributed by atoms with Crippen molar-refractivity contribution in [1.29, 1.82) is 0 Å². The second kappa shape index (κ2) is 13.1. The molecule has 2 amide bonds. The summed E-state index contributed by atoms with van der Waals surface area (Å²) in [4.78, 5) is 39.8. The molecule has 3 rings (SSSR count). The van der Waals surface area contributed by atoms with E-state index in [0.29, 0.717) is 31.9 Å². The Kier molecular flexibility index (Phi) is 10.6. The standard InChI is InChI=1S/C23H27N4O5.U/c24-18-7-4-8-19(15-18)26-11-13-27(14-12-26)21(28)10-9-20(22(29)30)25-23(31)32-16-17-5-2-1-3-6-17;/h1-8,15,20,24H,9-14,16H2,(H,25,31)(H,29,30);/q-1;/t20-;/m0./s1. The van der Waals surface area contributed by atoms with Gasteiger partial charge in [0.05, 0.1) is 0 Å². The average Bonchev–Trinajstić information content (AvgIpc) is 2.81. The Morgan fingerprint density at radius 2 is 1.73 bits per heavy atom. The van der Waals surface area contributed by atoms with Gasteiger partial charge in [-0.05, 0) is 18.1 Å². The molecular formula is C23H27N4O5U-. The summed E-state index contributed by atoms with van der Waals surface area (Å²) in [6, 6.07) is 15.1. The quantitative estimate of drug-likeness (QED) is 0.443. The van der Waals surface area contributed by atoms with Gasteiger partial charge in [-0.1, -0.05) is 48.5 Å². The summed E-state index contributed by atoms with van der Waals surface area (Å²) in [5.74, 6) is -1.36. The van der Waals surface area contributed by atoms with Gasteiger partial charge in [-0.15, -0.1) is 5.69 Å². The summed E-state index contributed by atoms with van der Waals surface area (Å²) in [7, 11) is 0. The first kappa shape index (κ1) is 26.6. The molecule has 0 saturated carbocycles. The average molecular weight is 678 g/mol. The van der Waals surface area contributed by atoms with Crippen LogP contribution in [0.25, 0.3) is 5.73 Å². The van der Waals surface area contributed by atoms with Crippen molar-refractivity contribution in [2.75, 3.05) is 31.1 Å². The van der Waals surface area contributed by atoms with E-state index in [2.05, 4.69) is 10.2 Å². The molecule has 0 aromatic heterocycles. The number of alkyl carbamates (subject to hydrolysis) is 1. The zero-order chi connectivity index (χ0) is 22.9. The van der Waals surface area contributed by atoms with Gasteiger partial charge in [0.1, 0.15) is 12.6 Å². The van der Waals surface area contributed by atoms with E-state index in [0.717, 1.165) is 11.3 Å². The molecule has 3 N–H and O–H groups in total. The van der Waals surface area contributed by atoms with Gasteiger partial charge in [0.25, 0.3) is 0 Å². The van der Waals surface area contributed by atoms with Gasteiger partial charge >= 0.3 is 12.1 Å². The zero-order valence-electron chi connectivity index (χ0n) is 18.2. The molecule has 0 unspecified atom stereocenters. The number of hydrogen-bond acceptors (Lipinski definition) is 5. The van der Waals surface area contributed by atoms with Crippen LogP contribution in [0.2, 0.25) is 0 Å². The minimum atomic E-state index is -1.21. The third kappa shape index (κ3) is 8.30. The molecule has 1 heterocycles. The SMILES string of the molecule is [NH-]c1cccc(N2CCN(C(=O)CC[C@H](NC(=O)OCc3ccccc3)C(=O)O)CC2)c1.[U]. The Hall–Kier alpha value is -2.70. The Morgan fingerprint density at radius 1 is 1.03 bits per heavy atom. The molecule has 1 aliphatic heterocycles. The number of nitrogens with one attached hydrogen (secondary N) is 2. The van der Waals surface area contributed by atoms with Crippen LogP contribution in [0.1, 0.15) is 18.4 Å². The molecule has 1 atom stereocenters. The number of carbonyl (C=O) groups is 3. The Morgan fingerprint density at radius 3 is 2.36 bits per heavy atom. The number of nitrogens with zero attached hydrogens (tertiary/aromatic N) is 2. The van der Waals surface area contributed by atoms with Crippen molar-refractivity contribution < 1.29 is 55.3 Å². The molecule has 9 nitrogen and oxygen atoms in total. The molecule has 0 bridgehead atoms. The first-order chi connectivity index (χ1) is 15.4. The van der Waals surface area contributed by atoms with Crippen LogP contribution in [0.4, 0.5) is 16.2 Å². The third-order valence-electron chi connectivity index (χ3n) is 5.29. The van der Waals surface area contributed by atoms with Gasteiger partial charge < -0.3 is 30.7 Å². The van der Waals surface area contributed by atoms with E-state index < -0.39 is 18.1 Å². The van der Waals surface area contributed by atoms with Crippen molar-refractivity contribution in [3.63, 3.8) is 0 Å². The van der Waals surface area contributed by atoms with Gasteiger partial charge in [-0.2, -0.15) is 0 Å². The number of piperazine rings is 1. The molecule has 0 radical (unpaired) electrons. The largest absolute Gasteiger partial charge is 0.699 e. The maximum absolute atomic E-state index is 12.6. The maximum Gasteiger partial charge on any atom is 0.408 e. The summed E-state index contributed by atoms with van der Waals surface area (Å²) in [6.45, 7) is 2.35. The molecule has 0 spiro atoms. The minimum absolute atomic E-state index is 0. The van der Waals surface area contributed by atoms with Gasteiger partial charge in [0.15, 0.2) is 0 Å². The van der Waals surface area contributed by atoms with Gasteiger partial charge in [-0.25, -0.2) is 9.59 Å². The molecule has 2 aromatic rings. The van der Waals surface area contributed by atoms with Crippen molar-refractivity contribution in [3.8, 4) is 0 Å². The molecule has 0 aliphatic carbocycles. The number of ether oxygens (including phenoxy) is 1. The number of carbonyl (C=O) groups excluding carboxylic acids is 2. The fraction of sp³-hybridized carbons (Fsp3) is 0.348. The van der Waals surface area contributed by atoms with Gasteiger partial charge in [0.2, 0.25) is 5.91 Å². The molecule has 2 aromatic carbocycles. The van der Waals surface area contributed by atoms with Crippen LogP contribution in [0.3, 0.4) is 0 Å². The number of carboxylic acid groups (broad SMARTS) is 1. The topological polar surface area (TPSA) is 123 Å². The predicted molar refractivity (Wildman–Crippen MR) is 120 cm³/mol. The summed E-state index contributed by atoms with van der Waals surface area (Å²) in [5.41, 5.74) is 9.92. The van der Waals surface area contributed by atoms with Crippen molar-refractivity contribution in [2.24, 2.45) is 0 Å². The molecule has 10 heteroatoms. The molecule has 174 valence electrons. The number of benzene rings is 2. The normalized spacial score (nSPS) is 14.1. The van der Waals surface area contributed by atoms with Crippen molar-refractivity contribution in [2.45, 2.75) is 25.5 Å². The second-order valence-corrected chi connectivity index (χ2v) is 7.55. The fourth-order valence-electron chi connectivity index (χ4n) is 3.51. The first-order valence-electron chi connectivity index (χ1n) is 10.5. The molecule has 1 saturated heterocycles. The number of rotatable bonds is 8. The van der Waals surface area contributed by atoms with Crippen LogP contribution in [-0.2, 0) is 20.9 Å². The van der Waals surface area contributed by atoms with Gasteiger partial charge in [0, 0.05) is 69.4 Å². The summed E-state index contributed by atoms with van der Waals surface area (Å²) in [5, 5.41) is 11.7. The Balaban J connectivity index is 0.00000385. The predicted octanol–water partition coefficient (Wildman–Crippen LogP) is 3.18. The van der Waals surface area contributed by atoms with E-state index in [9.17, 15) is 19.5 Å². The number of amides is 2. The molecule has 33 heavy (non-hydrogen) atoms. The number of anilines is 1. The third-order valence-corrected chi connectivity index (χ3v) is 5.29. The van der Waals surface area contributed by atoms with Crippen molar-refractivity contribution in [3.05, 3.63) is 65.9 Å². The Labute approximate surface area is 216 Å². The number of aliphatic carboxylic acids is 1. The van der Waals surface area contributed by atoms with Crippen LogP contribution in [0.15, 0.2) is 54.6 Å². The van der Waals surface area contributed by atoms with Crippen molar-refractivity contribution in [1.82, 2.24) is 10.2 Å². The van der Waals surface area contributed by atoms with Crippen LogP contribution < -0.4 is 10.2 Å². The maximum atomic E-state index is 12.6. The smallest absolute Gasteiger partial charge is 0.408 e. The van der Waals surface area contributed by atoms with E-state index in [1.807, 2.05) is 30.3 Å². The first-order valence-corrected chi connectivity index (χ1v) is 10.5. The fourth-order valence-corrected chi connectivity index (χ4v) is 3.51. The van der Waals surface area contributed by atoms with E-state index in [1.54, 1.807) is 29.2 Å². The molecule has 1 aliphatic rings. The molecule has 1 fully saturated rings. The summed E-state index contributed by atoms with van der Waals surface area (Å²) >= 11 is 0. The van der Waals surface area contributed by atoms with Gasteiger partial charge in [-0.3, -0.25) is 4.79 Å². The number of hydrogen-bond donors (Lipinski definition) is 2.